The minimum Gasteiger partial charge on any atom is -0.207 e. The lowest BCUT2D eigenvalue weighted by molar-refractivity contribution is 0.486. The lowest BCUT2D eigenvalue weighted by Crippen LogP contribution is -2.05. The molecule has 0 nitrogen and oxygen atoms in total. The molecular formula is C13H18BrF. The number of aryl methyl sites for hydroxylation is 1. The molecule has 1 unspecified atom stereocenters. The molecule has 0 fully saturated rings. The monoisotopic (exact) mass is 272 g/mol. The lowest BCUT2D eigenvalue weighted by atomic mass is 9.93. The van der Waals surface area contributed by atoms with Crippen LogP contribution in [0.5, 0.6) is 0 Å². The van der Waals surface area contributed by atoms with Gasteiger partial charge in [-0.3, -0.25) is 0 Å². The number of benzene rings is 1. The fraction of sp³-hybridized carbons (Fsp3) is 0.538. The van der Waals surface area contributed by atoms with Gasteiger partial charge in [0.05, 0.1) is 0 Å². The van der Waals surface area contributed by atoms with Gasteiger partial charge in [0.15, 0.2) is 0 Å². The molecule has 0 aliphatic heterocycles. The number of hydrogen-bond acceptors (Lipinski definition) is 0. The Labute approximate surface area is 100 Å². The van der Waals surface area contributed by atoms with Crippen molar-refractivity contribution in [2.45, 2.75) is 38.4 Å². The van der Waals surface area contributed by atoms with Crippen LogP contribution in [0.15, 0.2) is 18.2 Å². The lowest BCUT2D eigenvalue weighted by Gasteiger charge is -2.20. The van der Waals surface area contributed by atoms with E-state index in [4.69, 9.17) is 0 Å². The maximum Gasteiger partial charge on any atom is 0.126 e. The molecule has 0 aliphatic carbocycles. The minimum atomic E-state index is -0.122. The smallest absolute Gasteiger partial charge is 0.126 e. The highest BCUT2D eigenvalue weighted by atomic mass is 79.9. The van der Waals surface area contributed by atoms with Crippen molar-refractivity contribution in [3.63, 3.8) is 0 Å². The molecule has 0 saturated heterocycles. The van der Waals surface area contributed by atoms with Gasteiger partial charge in [-0.15, -0.1) is 0 Å². The van der Waals surface area contributed by atoms with E-state index in [1.165, 1.54) is 5.56 Å². The van der Waals surface area contributed by atoms with Crippen LogP contribution in [-0.4, -0.2) is 0 Å². The maximum absolute atomic E-state index is 13.1. The second-order valence-corrected chi connectivity index (χ2v) is 4.97. The molecule has 0 bridgehead atoms. The summed E-state index contributed by atoms with van der Waals surface area (Å²) >= 11 is 3.71. The van der Waals surface area contributed by atoms with E-state index in [1.54, 1.807) is 6.07 Å². The van der Waals surface area contributed by atoms with E-state index in [-0.39, 0.29) is 5.82 Å². The molecule has 0 radical (unpaired) electrons. The molecule has 1 atom stereocenters. The molecule has 1 aromatic rings. The summed E-state index contributed by atoms with van der Waals surface area (Å²) in [5.74, 6) is 0.498. The summed E-state index contributed by atoms with van der Waals surface area (Å²) in [4.78, 5) is 0.340. The van der Waals surface area contributed by atoms with Gasteiger partial charge in [-0.25, -0.2) is 4.39 Å². The predicted molar refractivity (Wildman–Crippen MR) is 66.9 cm³/mol. The fourth-order valence-electron chi connectivity index (χ4n) is 1.81. The van der Waals surface area contributed by atoms with Gasteiger partial charge < -0.3 is 0 Å². The summed E-state index contributed by atoms with van der Waals surface area (Å²) in [6.45, 7) is 6.20. The van der Waals surface area contributed by atoms with Gasteiger partial charge in [0, 0.05) is 4.83 Å². The molecule has 84 valence electrons. The van der Waals surface area contributed by atoms with E-state index in [0.717, 1.165) is 18.4 Å². The van der Waals surface area contributed by atoms with Crippen LogP contribution in [0.25, 0.3) is 0 Å². The second-order valence-electron chi connectivity index (χ2n) is 3.99. The number of halogens is 2. The Morgan fingerprint density at radius 3 is 2.33 bits per heavy atom. The third kappa shape index (κ3) is 3.04. The van der Waals surface area contributed by atoms with Crippen LogP contribution < -0.4 is 0 Å². The Kier molecular flexibility index (Phi) is 4.78. The average molecular weight is 273 g/mol. The topological polar surface area (TPSA) is 0 Å². The highest BCUT2D eigenvalue weighted by molar-refractivity contribution is 9.09. The molecular weight excluding hydrogens is 255 g/mol. The van der Waals surface area contributed by atoms with Crippen LogP contribution in [0.1, 0.15) is 42.6 Å². The second kappa shape index (κ2) is 5.64. The van der Waals surface area contributed by atoms with Crippen molar-refractivity contribution in [2.24, 2.45) is 5.92 Å². The van der Waals surface area contributed by atoms with E-state index >= 15 is 0 Å². The molecule has 0 heterocycles. The fourth-order valence-corrected chi connectivity index (χ4v) is 2.85. The third-order valence-corrected chi connectivity index (χ3v) is 4.24. The van der Waals surface area contributed by atoms with E-state index < -0.39 is 0 Å². The predicted octanol–water partition coefficient (Wildman–Crippen LogP) is 5.01. The van der Waals surface area contributed by atoms with Gasteiger partial charge in [-0.2, -0.15) is 0 Å². The van der Waals surface area contributed by atoms with Crippen LogP contribution in [0.4, 0.5) is 4.39 Å². The summed E-state index contributed by atoms with van der Waals surface area (Å²) in [5, 5.41) is 0. The van der Waals surface area contributed by atoms with E-state index in [0.29, 0.717) is 10.7 Å². The van der Waals surface area contributed by atoms with E-state index in [1.807, 2.05) is 19.1 Å². The SMILES string of the molecule is CCC(CC)C(Br)c1ccc(F)c(C)c1. The highest BCUT2D eigenvalue weighted by Gasteiger charge is 2.17. The largest absolute Gasteiger partial charge is 0.207 e. The standard InChI is InChI=1S/C13H18BrF/c1-4-10(5-2)13(14)11-6-7-12(15)9(3)8-11/h6-8,10,13H,4-5H2,1-3H3. The summed E-state index contributed by atoms with van der Waals surface area (Å²) in [6.07, 6.45) is 2.28. The molecule has 15 heavy (non-hydrogen) atoms. The number of alkyl halides is 1. The molecule has 0 aromatic heterocycles. The van der Waals surface area contributed by atoms with Crippen molar-refractivity contribution in [2.75, 3.05) is 0 Å². The van der Waals surface area contributed by atoms with Crippen molar-refractivity contribution >= 4 is 15.9 Å². The third-order valence-electron chi connectivity index (χ3n) is 2.96. The minimum absolute atomic E-state index is 0.122. The zero-order valence-corrected chi connectivity index (χ0v) is 11.1. The van der Waals surface area contributed by atoms with Crippen molar-refractivity contribution < 1.29 is 4.39 Å². The molecule has 1 rings (SSSR count). The summed E-state index contributed by atoms with van der Waals surface area (Å²) in [7, 11) is 0. The van der Waals surface area contributed by atoms with Crippen LogP contribution >= 0.6 is 15.9 Å². The molecule has 0 saturated carbocycles. The zero-order chi connectivity index (χ0) is 11.4. The first kappa shape index (κ1) is 12.7. The Balaban J connectivity index is 2.90. The van der Waals surface area contributed by atoms with Gasteiger partial charge in [0.2, 0.25) is 0 Å². The van der Waals surface area contributed by atoms with Gasteiger partial charge in [0.1, 0.15) is 5.82 Å². The van der Waals surface area contributed by atoms with Gasteiger partial charge in [-0.05, 0) is 30.0 Å². The first-order valence-corrected chi connectivity index (χ1v) is 6.41. The molecule has 2 heteroatoms. The molecule has 0 N–H and O–H groups in total. The summed E-state index contributed by atoms with van der Waals surface area (Å²) in [5.41, 5.74) is 1.91. The summed E-state index contributed by atoms with van der Waals surface area (Å²) in [6, 6.07) is 5.37. The average Bonchev–Trinajstić information content (AvgIpc) is 2.23. The first-order valence-electron chi connectivity index (χ1n) is 5.50. The molecule has 0 amide bonds. The number of hydrogen-bond donors (Lipinski definition) is 0. The van der Waals surface area contributed by atoms with Crippen LogP contribution in [0, 0.1) is 18.7 Å². The Hall–Kier alpha value is -0.370. The van der Waals surface area contributed by atoms with Crippen molar-refractivity contribution in [3.05, 3.63) is 35.1 Å². The Morgan fingerprint density at radius 1 is 1.27 bits per heavy atom. The molecule has 1 aromatic carbocycles. The molecule has 0 aliphatic rings. The van der Waals surface area contributed by atoms with Crippen molar-refractivity contribution in [1.29, 1.82) is 0 Å². The van der Waals surface area contributed by atoms with E-state index in [9.17, 15) is 4.39 Å². The van der Waals surface area contributed by atoms with Gasteiger partial charge >= 0.3 is 0 Å². The van der Waals surface area contributed by atoms with Gasteiger partial charge in [-0.1, -0.05) is 54.8 Å². The Bertz CT molecular complexity index is 318. The maximum atomic E-state index is 13.1. The summed E-state index contributed by atoms with van der Waals surface area (Å²) < 4.78 is 13.1. The van der Waals surface area contributed by atoms with Gasteiger partial charge in [0.25, 0.3) is 0 Å². The van der Waals surface area contributed by atoms with Crippen LogP contribution in [0.2, 0.25) is 0 Å². The first-order chi connectivity index (χ1) is 7.10. The van der Waals surface area contributed by atoms with Crippen LogP contribution in [0.3, 0.4) is 0 Å². The van der Waals surface area contributed by atoms with E-state index in [2.05, 4.69) is 29.8 Å². The van der Waals surface area contributed by atoms with Crippen LogP contribution in [-0.2, 0) is 0 Å². The highest BCUT2D eigenvalue weighted by Crippen LogP contribution is 2.35. The normalized spacial score (nSPS) is 13.2. The molecule has 0 spiro atoms. The van der Waals surface area contributed by atoms with Crippen molar-refractivity contribution in [3.8, 4) is 0 Å². The number of rotatable bonds is 4. The zero-order valence-electron chi connectivity index (χ0n) is 9.56. The van der Waals surface area contributed by atoms with Crippen molar-refractivity contribution in [1.82, 2.24) is 0 Å². The quantitative estimate of drug-likeness (QED) is 0.677. The Morgan fingerprint density at radius 2 is 1.87 bits per heavy atom.